The Bertz CT molecular complexity index is 1290. The molecule has 0 bridgehead atoms. The van der Waals surface area contributed by atoms with Crippen LogP contribution in [0, 0.1) is 0 Å². The molecular weight excluding hydrogens is 796 g/mol. The smallest absolute Gasteiger partial charge is 0.306 e. The van der Waals surface area contributed by atoms with Crippen LogP contribution in [0.4, 0.5) is 0 Å². The van der Waals surface area contributed by atoms with E-state index in [0.717, 1.165) is 0 Å². The van der Waals surface area contributed by atoms with Crippen molar-refractivity contribution in [1.82, 2.24) is 10.6 Å². The van der Waals surface area contributed by atoms with Crippen molar-refractivity contribution < 1.29 is 86.5 Å². The van der Waals surface area contributed by atoms with Crippen LogP contribution in [-0.4, -0.2) is 132 Å². The summed E-state index contributed by atoms with van der Waals surface area (Å²) in [6.07, 6.45) is -5.99. The van der Waals surface area contributed by atoms with Gasteiger partial charge in [0.2, 0.25) is 11.8 Å². The summed E-state index contributed by atoms with van der Waals surface area (Å²) >= 11 is 0. The summed E-state index contributed by atoms with van der Waals surface area (Å²) in [5.74, 6) is -4.22. The zero-order valence-corrected chi connectivity index (χ0v) is 36.1. The van der Waals surface area contributed by atoms with Crippen molar-refractivity contribution in [2.45, 2.75) is 194 Å². The minimum Gasteiger partial charge on any atom is -0.463 e. The van der Waals surface area contributed by atoms with E-state index in [1.165, 1.54) is 13.8 Å². The lowest BCUT2D eigenvalue weighted by atomic mass is 9.96. The van der Waals surface area contributed by atoms with E-state index in [4.69, 9.17) is 37.9 Å². The topological polar surface area (TPSA) is 275 Å². The van der Waals surface area contributed by atoms with Gasteiger partial charge in [0, 0.05) is 52.4 Å². The van der Waals surface area contributed by atoms with Gasteiger partial charge in [-0.25, -0.2) is 0 Å². The molecule has 20 nitrogen and oxygen atoms in total. The van der Waals surface area contributed by atoms with Crippen LogP contribution in [-0.2, 0) is 76.3 Å². The van der Waals surface area contributed by atoms with Crippen LogP contribution in [0.3, 0.4) is 0 Å². The maximum atomic E-state index is 12.2. The van der Waals surface area contributed by atoms with Crippen molar-refractivity contribution in [2.24, 2.45) is 0 Å². The van der Waals surface area contributed by atoms with Gasteiger partial charge in [-0.3, -0.25) is 38.4 Å². The van der Waals surface area contributed by atoms with Crippen LogP contribution in [0.2, 0.25) is 0 Å². The maximum absolute atomic E-state index is 12.2. The van der Waals surface area contributed by atoms with Gasteiger partial charge in [0.25, 0.3) is 0 Å². The largest absolute Gasteiger partial charge is 0.463 e. The third-order valence-electron chi connectivity index (χ3n) is 8.68. The molecule has 20 heteroatoms. The highest BCUT2D eigenvalue weighted by Crippen LogP contribution is 2.28. The van der Waals surface area contributed by atoms with Crippen LogP contribution >= 0.6 is 0 Å². The molecule has 2 amide bonds. The van der Waals surface area contributed by atoms with Gasteiger partial charge < -0.3 is 58.7 Å². The maximum Gasteiger partial charge on any atom is 0.306 e. The highest BCUT2D eigenvalue weighted by atomic mass is 16.7. The number of amides is 2. The number of hydrogen-bond acceptors (Lipinski definition) is 18. The van der Waals surface area contributed by atoms with E-state index in [-0.39, 0.29) is 51.7 Å². The average Bonchev–Trinajstić information content (AvgIpc) is 3.16. The highest BCUT2D eigenvalue weighted by Gasteiger charge is 2.52. The fourth-order valence-corrected chi connectivity index (χ4v) is 6.01. The molecule has 2 saturated heterocycles. The Labute approximate surface area is 351 Å². The first kappa shape index (κ1) is 53.6. The highest BCUT2D eigenvalue weighted by molar-refractivity contribution is 5.75. The van der Waals surface area contributed by atoms with Crippen LogP contribution in [0.5, 0.6) is 0 Å². The Morgan fingerprint density at radius 2 is 0.683 bits per heavy atom. The van der Waals surface area contributed by atoms with E-state index in [1.807, 2.05) is 13.8 Å². The number of nitrogens with one attached hydrogen (secondary N) is 2. The fraction of sp³-hybridized carbons (Fsp3) is 0.800. The van der Waals surface area contributed by atoms with E-state index < -0.39 is 109 Å². The second kappa shape index (κ2) is 29.0. The lowest BCUT2D eigenvalue weighted by molar-refractivity contribution is -0.265. The molecule has 2 heterocycles. The standard InChI is InChI=1S/2C20H33NO9/c2*1-5-8-14(23)27-11-13-18(29-15(24)9-6-2)19(30-16(25)10-7-3)17(20(26)28-13)21-12(4)22/h2*13,17-20,26H,5-11H2,1-4H3,(H,21,22)/t13-,17-,18+,19-,20?;13-,17-,18-,19-,20?/m00/s1. The molecule has 2 aliphatic heterocycles. The van der Waals surface area contributed by atoms with Gasteiger partial charge in [-0.2, -0.15) is 0 Å². The summed E-state index contributed by atoms with van der Waals surface area (Å²) in [4.78, 5) is 95.5. The lowest BCUT2D eigenvalue weighted by Crippen LogP contribution is -2.66. The van der Waals surface area contributed by atoms with Crippen LogP contribution in [0.1, 0.15) is 132 Å². The van der Waals surface area contributed by atoms with Gasteiger partial charge in [-0.15, -0.1) is 0 Å². The molecule has 0 saturated carbocycles. The molecule has 344 valence electrons. The SMILES string of the molecule is CCCC(=O)OC[C@@H]1OC(O)[C@@H](NC(C)=O)[C@H](OC(=O)CCC)[C@@H]1OC(=O)CCC.CCCC(=O)OC[C@@H]1OC(O)[C@@H](NC(C)=O)[C@H](OC(=O)CCC)[C@H]1OC(=O)CCC. The van der Waals surface area contributed by atoms with Crippen molar-refractivity contribution in [1.29, 1.82) is 0 Å². The van der Waals surface area contributed by atoms with Crippen LogP contribution in [0.25, 0.3) is 0 Å². The molecule has 2 rings (SSSR count). The summed E-state index contributed by atoms with van der Waals surface area (Å²) in [6, 6.07) is -2.32. The number of aliphatic hydroxyl groups excluding tert-OH is 2. The second-order valence-electron chi connectivity index (χ2n) is 14.3. The Morgan fingerprint density at radius 3 is 0.933 bits per heavy atom. The zero-order valence-electron chi connectivity index (χ0n) is 36.1. The Morgan fingerprint density at radius 1 is 0.433 bits per heavy atom. The monoisotopic (exact) mass is 862 g/mol. The van der Waals surface area contributed by atoms with Crippen molar-refractivity contribution in [2.75, 3.05) is 13.2 Å². The summed E-state index contributed by atoms with van der Waals surface area (Å²) < 4.78 is 43.3. The van der Waals surface area contributed by atoms with E-state index in [1.54, 1.807) is 27.7 Å². The number of carbonyl (C=O) groups is 8. The summed E-state index contributed by atoms with van der Waals surface area (Å²) in [7, 11) is 0. The van der Waals surface area contributed by atoms with Gasteiger partial charge in [0.15, 0.2) is 37.0 Å². The van der Waals surface area contributed by atoms with Crippen LogP contribution < -0.4 is 10.6 Å². The minimum absolute atomic E-state index is 0.103. The Kier molecular flexibility index (Phi) is 25.9. The summed E-state index contributed by atoms with van der Waals surface area (Å²) in [6.45, 7) is 12.7. The molecule has 2 aliphatic rings. The van der Waals surface area contributed by atoms with E-state index in [2.05, 4.69) is 10.6 Å². The van der Waals surface area contributed by atoms with E-state index in [9.17, 15) is 48.6 Å². The quantitative estimate of drug-likeness (QED) is 0.0894. The summed E-state index contributed by atoms with van der Waals surface area (Å²) in [5, 5.41) is 25.8. The van der Waals surface area contributed by atoms with Crippen molar-refractivity contribution in [3.63, 3.8) is 0 Å². The molecule has 0 radical (unpaired) electrons. The number of hydrogen-bond donors (Lipinski definition) is 4. The van der Waals surface area contributed by atoms with E-state index in [0.29, 0.717) is 38.5 Å². The molecule has 10 atom stereocenters. The van der Waals surface area contributed by atoms with Gasteiger partial charge in [-0.05, 0) is 38.5 Å². The molecule has 0 aliphatic carbocycles. The number of ether oxygens (including phenoxy) is 8. The first-order valence-corrected chi connectivity index (χ1v) is 20.8. The van der Waals surface area contributed by atoms with Crippen molar-refractivity contribution in [3.8, 4) is 0 Å². The minimum atomic E-state index is -1.57. The molecule has 4 N–H and O–H groups in total. The Hall–Kier alpha value is -4.40. The third-order valence-corrected chi connectivity index (χ3v) is 8.68. The zero-order chi connectivity index (χ0) is 45.4. The third kappa shape index (κ3) is 19.3. The molecule has 0 aromatic rings. The van der Waals surface area contributed by atoms with Gasteiger partial charge in [-0.1, -0.05) is 41.5 Å². The van der Waals surface area contributed by atoms with Crippen molar-refractivity contribution in [3.05, 3.63) is 0 Å². The Balaban J connectivity index is 0.000000600. The molecular formula is C40H66N2O18. The fourth-order valence-electron chi connectivity index (χ4n) is 6.01. The van der Waals surface area contributed by atoms with Crippen molar-refractivity contribution >= 4 is 47.6 Å². The molecule has 0 aromatic carbocycles. The summed E-state index contributed by atoms with van der Waals surface area (Å²) in [5.41, 5.74) is 0. The predicted octanol–water partition coefficient (Wildman–Crippen LogP) is 1.95. The molecule has 0 aromatic heterocycles. The van der Waals surface area contributed by atoms with Crippen LogP contribution in [0.15, 0.2) is 0 Å². The van der Waals surface area contributed by atoms with Gasteiger partial charge in [0.05, 0.1) is 0 Å². The molecule has 2 unspecified atom stereocenters. The molecule has 60 heavy (non-hydrogen) atoms. The number of rotatable bonds is 22. The predicted molar refractivity (Wildman–Crippen MR) is 208 cm³/mol. The first-order chi connectivity index (χ1) is 28.5. The number of carbonyl (C=O) groups excluding carboxylic acids is 8. The van der Waals surface area contributed by atoms with E-state index >= 15 is 0 Å². The average molecular weight is 863 g/mol. The molecule has 2 fully saturated rings. The van der Waals surface area contributed by atoms with Gasteiger partial charge >= 0.3 is 35.8 Å². The number of aliphatic hydroxyl groups is 2. The normalized spacial score (nSPS) is 25.8. The number of esters is 6. The first-order valence-electron chi connectivity index (χ1n) is 20.8. The lowest BCUT2D eigenvalue weighted by Gasteiger charge is -2.43. The second-order valence-corrected chi connectivity index (χ2v) is 14.3. The van der Waals surface area contributed by atoms with Gasteiger partial charge in [0.1, 0.15) is 37.5 Å². The molecule has 0 spiro atoms.